The van der Waals surface area contributed by atoms with Gasteiger partial charge in [0, 0.05) is 18.4 Å². The van der Waals surface area contributed by atoms with Crippen LogP contribution < -0.4 is 21.7 Å². The van der Waals surface area contributed by atoms with Crippen LogP contribution in [0.1, 0.15) is 85.5 Å². The molecule has 206 valence electrons. The highest BCUT2D eigenvalue weighted by atomic mass is 16.3. The molecule has 6 N–H and O–H groups in total. The molecule has 10 nitrogen and oxygen atoms in total. The molecule has 36 heavy (non-hydrogen) atoms. The van der Waals surface area contributed by atoms with E-state index < -0.39 is 41.6 Å². The fourth-order valence-corrected chi connectivity index (χ4v) is 5.18. The predicted molar refractivity (Wildman–Crippen MR) is 137 cm³/mol. The highest BCUT2D eigenvalue weighted by Crippen LogP contribution is 2.30. The highest BCUT2D eigenvalue weighted by molar-refractivity contribution is 5.94. The lowest BCUT2D eigenvalue weighted by Crippen LogP contribution is -2.59. The van der Waals surface area contributed by atoms with Crippen LogP contribution in [0.3, 0.4) is 0 Å². The molecule has 1 unspecified atom stereocenters. The maximum Gasteiger partial charge on any atom is 0.245 e. The first-order valence-corrected chi connectivity index (χ1v) is 13.5. The number of primary amides is 1. The van der Waals surface area contributed by atoms with Crippen LogP contribution >= 0.6 is 0 Å². The van der Waals surface area contributed by atoms with Crippen molar-refractivity contribution in [3.8, 4) is 0 Å². The van der Waals surface area contributed by atoms with Crippen molar-refractivity contribution < 1.29 is 24.3 Å². The Hall–Kier alpha value is -2.20. The van der Waals surface area contributed by atoms with E-state index in [9.17, 15) is 24.3 Å². The SMILES string of the molecule is CCC[C@@H](C(=O)N[C@@H](C[C@@H]1CCCNC1O)C(N)=O)N(C)C(=O)[C@H](NC(=O)C(C)(C)C)C1CCCC1. The van der Waals surface area contributed by atoms with Crippen LogP contribution in [0.5, 0.6) is 0 Å². The Bertz CT molecular complexity index is 777. The first-order valence-electron chi connectivity index (χ1n) is 13.5. The molecule has 2 rings (SSSR count). The Morgan fingerprint density at radius 2 is 1.72 bits per heavy atom. The number of carbonyl (C=O) groups is 4. The van der Waals surface area contributed by atoms with Crippen molar-refractivity contribution in [2.75, 3.05) is 13.6 Å². The Morgan fingerprint density at radius 1 is 1.08 bits per heavy atom. The van der Waals surface area contributed by atoms with Gasteiger partial charge >= 0.3 is 0 Å². The van der Waals surface area contributed by atoms with Gasteiger partial charge in [0.05, 0.1) is 0 Å². The van der Waals surface area contributed by atoms with Crippen molar-refractivity contribution in [2.45, 2.75) is 110 Å². The zero-order valence-electron chi connectivity index (χ0n) is 22.6. The van der Waals surface area contributed by atoms with Gasteiger partial charge in [-0.15, -0.1) is 0 Å². The van der Waals surface area contributed by atoms with E-state index in [1.807, 2.05) is 6.92 Å². The highest BCUT2D eigenvalue weighted by Gasteiger charge is 2.39. The zero-order valence-corrected chi connectivity index (χ0v) is 22.6. The fraction of sp³-hybridized carbons (Fsp3) is 0.846. The van der Waals surface area contributed by atoms with Crippen LogP contribution in [0.2, 0.25) is 0 Å². The van der Waals surface area contributed by atoms with E-state index in [0.29, 0.717) is 19.4 Å². The second kappa shape index (κ2) is 13.4. The average Bonchev–Trinajstić information content (AvgIpc) is 3.34. The molecule has 0 radical (unpaired) electrons. The van der Waals surface area contributed by atoms with Gasteiger partial charge in [0.25, 0.3) is 0 Å². The van der Waals surface area contributed by atoms with Crippen molar-refractivity contribution in [2.24, 2.45) is 23.0 Å². The fourth-order valence-electron chi connectivity index (χ4n) is 5.18. The van der Waals surface area contributed by atoms with Crippen LogP contribution in [0.15, 0.2) is 0 Å². The topological polar surface area (TPSA) is 154 Å². The summed E-state index contributed by atoms with van der Waals surface area (Å²) in [5.74, 6) is -1.81. The Balaban J connectivity index is 2.18. The summed E-state index contributed by atoms with van der Waals surface area (Å²) in [6.45, 7) is 8.03. The number of hydrogen-bond donors (Lipinski definition) is 5. The van der Waals surface area contributed by atoms with E-state index in [4.69, 9.17) is 5.73 Å². The maximum atomic E-state index is 13.7. The third kappa shape index (κ3) is 8.16. The van der Waals surface area contributed by atoms with Crippen LogP contribution in [0, 0.1) is 17.3 Å². The molecule has 1 aliphatic heterocycles. The van der Waals surface area contributed by atoms with Crippen molar-refractivity contribution in [1.29, 1.82) is 0 Å². The van der Waals surface area contributed by atoms with E-state index in [1.54, 1.807) is 27.8 Å². The molecule has 2 aliphatic rings. The number of hydrogen-bond acceptors (Lipinski definition) is 6. The number of likely N-dealkylation sites (N-methyl/N-ethyl adjacent to an activating group) is 1. The average molecular weight is 510 g/mol. The minimum Gasteiger partial charge on any atom is -0.378 e. The molecule has 1 heterocycles. The number of aliphatic hydroxyl groups excluding tert-OH is 1. The minimum absolute atomic E-state index is 0.0234. The summed E-state index contributed by atoms with van der Waals surface area (Å²) in [5, 5.41) is 18.9. The molecule has 0 aromatic carbocycles. The molecule has 2 fully saturated rings. The zero-order chi connectivity index (χ0) is 27.0. The lowest BCUT2D eigenvalue weighted by atomic mass is 9.90. The quantitative estimate of drug-likeness (QED) is 0.280. The number of aliphatic hydroxyl groups is 1. The number of amides is 4. The predicted octanol–water partition coefficient (Wildman–Crippen LogP) is 1.01. The molecule has 0 spiro atoms. The Labute approximate surface area is 215 Å². The third-order valence-corrected chi connectivity index (χ3v) is 7.54. The second-order valence-corrected chi connectivity index (χ2v) is 11.5. The third-order valence-electron chi connectivity index (χ3n) is 7.54. The lowest BCUT2D eigenvalue weighted by molar-refractivity contribution is -0.145. The van der Waals surface area contributed by atoms with Crippen molar-refractivity contribution in [3.05, 3.63) is 0 Å². The smallest absolute Gasteiger partial charge is 0.245 e. The molecule has 0 bridgehead atoms. The van der Waals surface area contributed by atoms with Gasteiger partial charge in [-0.1, -0.05) is 47.0 Å². The van der Waals surface area contributed by atoms with E-state index in [0.717, 1.165) is 38.5 Å². The van der Waals surface area contributed by atoms with Gasteiger partial charge < -0.3 is 26.4 Å². The van der Waals surface area contributed by atoms with Crippen LogP contribution in [-0.2, 0) is 19.2 Å². The Kier molecular flexibility index (Phi) is 11.2. The molecule has 0 aromatic heterocycles. The van der Waals surface area contributed by atoms with Gasteiger partial charge in [0.2, 0.25) is 23.6 Å². The monoisotopic (exact) mass is 509 g/mol. The van der Waals surface area contributed by atoms with E-state index in [-0.39, 0.29) is 30.1 Å². The van der Waals surface area contributed by atoms with E-state index in [1.165, 1.54) is 4.90 Å². The summed E-state index contributed by atoms with van der Waals surface area (Å²) in [6.07, 6.45) is 5.80. The number of piperidine rings is 1. The van der Waals surface area contributed by atoms with Crippen molar-refractivity contribution in [3.63, 3.8) is 0 Å². The molecule has 5 atom stereocenters. The molecular weight excluding hydrogens is 462 g/mol. The number of carbonyl (C=O) groups excluding carboxylic acids is 4. The summed E-state index contributed by atoms with van der Waals surface area (Å²) in [7, 11) is 1.58. The number of nitrogens with one attached hydrogen (secondary N) is 3. The number of nitrogens with two attached hydrogens (primary N) is 1. The standard InChI is InChI=1S/C26H47N5O5/c1-6-10-19(23(34)29-18(21(27)32)15-17-13-9-14-28-22(17)33)31(5)24(35)20(16-11-7-8-12-16)30-25(36)26(2,3)4/h16-20,22,28,33H,6-15H2,1-5H3,(H2,27,32)(H,29,34)(H,30,36)/t17-,18-,19-,20+,22?/m0/s1. The molecule has 0 aromatic rings. The lowest BCUT2D eigenvalue weighted by Gasteiger charge is -2.35. The molecular formula is C26H47N5O5. The Morgan fingerprint density at radius 3 is 2.25 bits per heavy atom. The summed E-state index contributed by atoms with van der Waals surface area (Å²) in [6, 6.07) is -2.47. The summed E-state index contributed by atoms with van der Waals surface area (Å²) in [5.41, 5.74) is 4.95. The van der Waals surface area contributed by atoms with Gasteiger partial charge in [0.15, 0.2) is 0 Å². The number of nitrogens with zero attached hydrogens (tertiary/aromatic N) is 1. The minimum atomic E-state index is -0.953. The molecule has 10 heteroatoms. The maximum absolute atomic E-state index is 13.7. The van der Waals surface area contributed by atoms with E-state index in [2.05, 4.69) is 16.0 Å². The van der Waals surface area contributed by atoms with Crippen molar-refractivity contribution in [1.82, 2.24) is 20.9 Å². The molecule has 1 aliphatic carbocycles. The van der Waals surface area contributed by atoms with Crippen LogP contribution in [0.4, 0.5) is 0 Å². The van der Waals surface area contributed by atoms with Gasteiger partial charge in [-0.2, -0.15) is 0 Å². The first-order chi connectivity index (χ1) is 16.9. The van der Waals surface area contributed by atoms with E-state index >= 15 is 0 Å². The summed E-state index contributed by atoms with van der Waals surface area (Å²) >= 11 is 0. The first kappa shape index (κ1) is 30.0. The molecule has 1 saturated heterocycles. The summed E-state index contributed by atoms with van der Waals surface area (Å²) < 4.78 is 0. The van der Waals surface area contributed by atoms with Gasteiger partial charge in [-0.05, 0) is 51.0 Å². The van der Waals surface area contributed by atoms with Gasteiger partial charge in [-0.3, -0.25) is 24.5 Å². The largest absolute Gasteiger partial charge is 0.378 e. The van der Waals surface area contributed by atoms with Crippen molar-refractivity contribution >= 4 is 23.6 Å². The second-order valence-electron chi connectivity index (χ2n) is 11.5. The number of rotatable bonds is 11. The molecule has 4 amide bonds. The van der Waals surface area contributed by atoms with Gasteiger partial charge in [-0.25, -0.2) is 0 Å². The van der Waals surface area contributed by atoms with Gasteiger partial charge in [0.1, 0.15) is 24.4 Å². The normalized spacial score (nSPS) is 23.4. The van der Waals surface area contributed by atoms with Crippen LogP contribution in [-0.4, -0.2) is 71.6 Å². The van der Waals surface area contributed by atoms with Crippen LogP contribution in [0.25, 0.3) is 0 Å². The summed E-state index contributed by atoms with van der Waals surface area (Å²) in [4.78, 5) is 53.4. The molecule has 1 saturated carbocycles.